The van der Waals surface area contributed by atoms with Gasteiger partial charge in [0.1, 0.15) is 65.7 Å². The number of carbonyl (C=O) groups excluding carboxylic acids is 12. The fraction of sp³-hybridized carbons (Fsp3) is 0.671. The van der Waals surface area contributed by atoms with Crippen LogP contribution in [0.3, 0.4) is 0 Å². The minimum atomic E-state index is -5.01. The molecule has 0 unspecified atom stereocenters. The van der Waals surface area contributed by atoms with Gasteiger partial charge in [0.15, 0.2) is 0 Å². The average molecular weight is 1420 g/mol. The summed E-state index contributed by atoms with van der Waals surface area (Å²) in [4.78, 5) is 191. The van der Waals surface area contributed by atoms with Gasteiger partial charge in [-0.15, -0.1) is 0 Å². The minimum absolute atomic E-state index is 0.0208. The maximum absolute atomic E-state index is 15.5. The van der Waals surface area contributed by atoms with Crippen LogP contribution >= 0.6 is 0 Å². The summed E-state index contributed by atoms with van der Waals surface area (Å²) < 4.78 is 56.3. The topological polar surface area (TPSA) is 270 Å². The van der Waals surface area contributed by atoms with Crippen molar-refractivity contribution in [3.63, 3.8) is 0 Å². The molecule has 558 valence electrons. The van der Waals surface area contributed by atoms with E-state index in [0.29, 0.717) is 69.3 Å². The molecule has 1 aliphatic carbocycles. The van der Waals surface area contributed by atoms with Crippen molar-refractivity contribution in [2.45, 2.75) is 224 Å². The minimum Gasteiger partial charge on any atom is -0.343 e. The number of likely N-dealkylation sites (tertiary alicyclic amines) is 1. The van der Waals surface area contributed by atoms with Crippen LogP contribution in [0.25, 0.3) is 0 Å². The molecule has 101 heavy (non-hydrogen) atoms. The molecule has 7 rings (SSSR count). The van der Waals surface area contributed by atoms with Gasteiger partial charge in [-0.05, 0) is 119 Å². The summed E-state index contributed by atoms with van der Waals surface area (Å²) in [6, 6.07) is -2.02. The monoisotopic (exact) mass is 1420 g/mol. The third-order valence-corrected chi connectivity index (χ3v) is 21.7. The summed E-state index contributed by atoms with van der Waals surface area (Å²) in [5.41, 5.74) is -1.55. The molecule has 2 aromatic rings. The van der Waals surface area contributed by atoms with E-state index in [9.17, 15) is 46.7 Å². The summed E-state index contributed by atoms with van der Waals surface area (Å²) in [6.45, 7) is 14.3. The van der Waals surface area contributed by atoms with Gasteiger partial charge in [-0.25, -0.2) is 4.39 Å². The Bertz CT molecular complexity index is 3380. The lowest BCUT2D eigenvalue weighted by Gasteiger charge is -2.45. The lowest BCUT2D eigenvalue weighted by molar-refractivity contribution is -0.160. The zero-order valence-electron chi connectivity index (χ0n) is 61.3. The highest BCUT2D eigenvalue weighted by molar-refractivity contribution is 6.01. The molecule has 0 aromatic heterocycles. The van der Waals surface area contributed by atoms with Crippen molar-refractivity contribution in [3.8, 4) is 0 Å². The third kappa shape index (κ3) is 18.5. The van der Waals surface area contributed by atoms with Crippen molar-refractivity contribution in [1.82, 2.24) is 60.0 Å². The summed E-state index contributed by atoms with van der Waals surface area (Å²) in [5.74, 6) is -11.0. The van der Waals surface area contributed by atoms with E-state index < -0.39 is 173 Å². The van der Waals surface area contributed by atoms with Crippen molar-refractivity contribution in [1.29, 1.82) is 0 Å². The number of halogens is 4. The van der Waals surface area contributed by atoms with E-state index in [1.165, 1.54) is 83.5 Å². The van der Waals surface area contributed by atoms with Gasteiger partial charge in [0.2, 0.25) is 70.9 Å². The number of alkyl halides is 3. The number of fused-ring (bicyclic) bond motifs is 2. The highest BCUT2D eigenvalue weighted by atomic mass is 19.4. The molecule has 4 saturated heterocycles. The van der Waals surface area contributed by atoms with E-state index in [1.807, 2.05) is 46.8 Å². The fourth-order valence-corrected chi connectivity index (χ4v) is 14.6. The van der Waals surface area contributed by atoms with Gasteiger partial charge in [-0.1, -0.05) is 103 Å². The number of nitrogens with one attached hydrogen (secondary N) is 3. The Morgan fingerprint density at radius 3 is 1.81 bits per heavy atom. The highest BCUT2D eigenvalue weighted by Gasteiger charge is 2.52. The molecule has 5 aliphatic rings. The Morgan fingerprint density at radius 1 is 0.624 bits per heavy atom. The molecular weight excluding hydrogens is 1310 g/mol. The van der Waals surface area contributed by atoms with Gasteiger partial charge in [0.25, 0.3) is 0 Å². The predicted octanol–water partition coefficient (Wildman–Crippen LogP) is 5.10. The second-order valence-electron chi connectivity index (χ2n) is 29.2. The Morgan fingerprint density at radius 2 is 1.24 bits per heavy atom. The summed E-state index contributed by atoms with van der Waals surface area (Å²) in [5, 5.41) is 8.62. The van der Waals surface area contributed by atoms with Crippen LogP contribution in [0.5, 0.6) is 0 Å². The van der Waals surface area contributed by atoms with E-state index in [4.69, 9.17) is 0 Å². The molecule has 0 radical (unpaired) electrons. The quantitative estimate of drug-likeness (QED) is 0.235. The largest absolute Gasteiger partial charge is 0.419 e. The first-order valence-corrected chi connectivity index (χ1v) is 35.8. The van der Waals surface area contributed by atoms with Crippen LogP contribution < -0.4 is 16.0 Å². The molecule has 12 amide bonds. The maximum Gasteiger partial charge on any atom is 0.419 e. The van der Waals surface area contributed by atoms with Crippen LogP contribution in [-0.2, 0) is 76.6 Å². The molecule has 24 nitrogen and oxygen atoms in total. The van der Waals surface area contributed by atoms with Crippen LogP contribution in [0.4, 0.5) is 17.6 Å². The Hall–Kier alpha value is -8.20. The molecule has 0 bridgehead atoms. The van der Waals surface area contributed by atoms with Gasteiger partial charge in [-0.3, -0.25) is 57.5 Å². The molecule has 1 saturated carbocycles. The lowest BCUT2D eigenvalue weighted by atomic mass is 9.90. The summed E-state index contributed by atoms with van der Waals surface area (Å²) >= 11 is 0. The number of carbonyl (C=O) groups is 12. The van der Waals surface area contributed by atoms with E-state index >= 15 is 28.4 Å². The van der Waals surface area contributed by atoms with Gasteiger partial charge < -0.3 is 60.0 Å². The van der Waals surface area contributed by atoms with Crippen LogP contribution in [-0.4, -0.2) is 250 Å². The maximum atomic E-state index is 15.5. The SMILES string of the molecule is CC[C@H](C)[C@@H]1NC(=O)[C@H](CC(C)C)N(C)C(=O)C[C@@H](C(=O)N2CCCC2)N(C)C(=O)[C@H]([C@@H](C)CC)N(C)C(=O)C2(CCCC2)NC(=O)[C@@H]2CCCN2C(=O)[C@H](CCc2ccc(C(F)(F)F)c(F)c2)NC(=O)CN(C)C(=O)[C@H](Cc2ccc(C)cc2)N(C)C(=O)[C@@H]2CCN2C(=O)[C@H](C)N(C)C1=O. The molecule has 28 heteroatoms. The molecule has 1 spiro atoms. The summed E-state index contributed by atoms with van der Waals surface area (Å²) in [7, 11) is 8.40. The van der Waals surface area contributed by atoms with E-state index in [0.717, 1.165) is 16.5 Å². The Balaban J connectivity index is 1.30. The van der Waals surface area contributed by atoms with Gasteiger partial charge in [0.05, 0.1) is 18.5 Å². The smallest absolute Gasteiger partial charge is 0.343 e. The van der Waals surface area contributed by atoms with Crippen molar-refractivity contribution in [3.05, 3.63) is 70.5 Å². The number of aryl methyl sites for hydroxylation is 2. The van der Waals surface area contributed by atoms with Crippen molar-refractivity contribution >= 4 is 70.9 Å². The second kappa shape index (κ2) is 34.2. The van der Waals surface area contributed by atoms with Crippen LogP contribution in [0.2, 0.25) is 0 Å². The second-order valence-corrected chi connectivity index (χ2v) is 29.2. The number of hydrogen-bond donors (Lipinski definition) is 3. The highest BCUT2D eigenvalue weighted by Crippen LogP contribution is 2.36. The summed E-state index contributed by atoms with van der Waals surface area (Å²) in [6.07, 6.45) is -2.28. The Labute approximate surface area is 591 Å². The first kappa shape index (κ1) is 80.1. The molecular formula is C73H106F4N12O12. The standard InChI is InChI=1S/C73H106F4N12O12/c1-15-45(6)60-69(99)82(10)47(8)64(94)89-37-31-54(89)67(97)84(12)56(40-49-25-23-44(5)24-26-49)66(96)81(9)42-58(90)78-52(30-28-48-27-29-50(51(74)39-48)73(75,76)77)65(95)88-36-21-22-53(88)63(93)80-72(32-17-18-33-72)71(101)86(14)61(46(7)16-2)70(100)85(13)57(68(98)87-34-19-20-35-87)41-59(91)83(11)55(38-43(3)4)62(92)79-60/h23-27,29,39,43,45-47,52-57,60-61H,15-22,28,30-38,40-42H2,1-14H3,(H,78,90)(H,79,92)(H,80,93)/t45-,46-,47-,52-,53-,54-,55-,56-,57-,60-,61-/m0/s1. The molecule has 5 fully saturated rings. The molecule has 4 aliphatic heterocycles. The zero-order chi connectivity index (χ0) is 74.9. The Kier molecular flexibility index (Phi) is 27.1. The van der Waals surface area contributed by atoms with Crippen LogP contribution in [0.15, 0.2) is 42.5 Å². The predicted molar refractivity (Wildman–Crippen MR) is 368 cm³/mol. The first-order valence-electron chi connectivity index (χ1n) is 35.8. The number of benzene rings is 2. The fourth-order valence-electron chi connectivity index (χ4n) is 14.6. The van der Waals surface area contributed by atoms with E-state index in [1.54, 1.807) is 30.9 Å². The number of hydrogen-bond acceptors (Lipinski definition) is 12. The van der Waals surface area contributed by atoms with E-state index in [-0.39, 0.29) is 82.4 Å². The number of nitrogens with zero attached hydrogens (tertiary/aromatic N) is 9. The van der Waals surface area contributed by atoms with E-state index in [2.05, 4.69) is 16.0 Å². The lowest BCUT2D eigenvalue weighted by Crippen LogP contribution is -2.65. The number of rotatable bonds is 12. The average Bonchev–Trinajstić information content (AvgIpc) is 1.76. The van der Waals surface area contributed by atoms with Gasteiger partial charge >= 0.3 is 6.18 Å². The molecule has 11 atom stereocenters. The molecule has 4 heterocycles. The number of amides is 12. The zero-order valence-corrected chi connectivity index (χ0v) is 61.3. The van der Waals surface area contributed by atoms with Crippen LogP contribution in [0, 0.1) is 30.5 Å². The van der Waals surface area contributed by atoms with Gasteiger partial charge in [0, 0.05) is 74.9 Å². The van der Waals surface area contributed by atoms with Crippen LogP contribution in [0.1, 0.15) is 161 Å². The normalized spacial score (nSPS) is 26.7. The third-order valence-electron chi connectivity index (χ3n) is 21.7. The van der Waals surface area contributed by atoms with Crippen molar-refractivity contribution < 1.29 is 75.1 Å². The van der Waals surface area contributed by atoms with Crippen molar-refractivity contribution in [2.75, 3.05) is 75.0 Å². The van der Waals surface area contributed by atoms with Gasteiger partial charge in [-0.2, -0.15) is 13.2 Å². The number of likely N-dealkylation sites (N-methyl/N-ethyl adjacent to an activating group) is 6. The molecule has 2 aromatic carbocycles. The van der Waals surface area contributed by atoms with Crippen molar-refractivity contribution in [2.24, 2.45) is 17.8 Å². The molecule has 3 N–H and O–H groups in total. The first-order chi connectivity index (χ1) is 47.5.